The van der Waals surface area contributed by atoms with Gasteiger partial charge in [0, 0.05) is 49.9 Å². The number of nitrogens with zero attached hydrogens (tertiary/aromatic N) is 4. The molecule has 1 aliphatic rings. The highest BCUT2D eigenvalue weighted by Gasteiger charge is 2.22. The van der Waals surface area contributed by atoms with Crippen LogP contribution in [0.5, 0.6) is 17.2 Å². The van der Waals surface area contributed by atoms with E-state index in [2.05, 4.69) is 20.3 Å². The topological polar surface area (TPSA) is 115 Å². The van der Waals surface area contributed by atoms with Crippen LogP contribution in [0, 0.1) is 0 Å². The summed E-state index contributed by atoms with van der Waals surface area (Å²) in [6, 6.07) is 11.0. The predicted octanol–water partition coefficient (Wildman–Crippen LogP) is 1.74. The highest BCUT2D eigenvalue weighted by molar-refractivity contribution is 7.89. The van der Waals surface area contributed by atoms with E-state index in [0.717, 1.165) is 24.0 Å². The highest BCUT2D eigenvalue weighted by atomic mass is 32.2. The highest BCUT2D eigenvalue weighted by Crippen LogP contribution is 2.39. The van der Waals surface area contributed by atoms with E-state index in [1.165, 1.54) is 30.7 Å². The average Bonchev–Trinajstić information content (AvgIpc) is 3.28. The van der Waals surface area contributed by atoms with Crippen molar-refractivity contribution in [2.45, 2.75) is 6.54 Å². The second kappa shape index (κ2) is 11.8. The van der Waals surface area contributed by atoms with Gasteiger partial charge in [0.25, 0.3) is 5.91 Å². The Kier molecular flexibility index (Phi) is 8.55. The van der Waals surface area contributed by atoms with E-state index < -0.39 is 10.0 Å². The number of piperazine rings is 1. The lowest BCUT2D eigenvalue weighted by molar-refractivity contribution is -0.122. The molecule has 1 N–H and O–H groups in total. The van der Waals surface area contributed by atoms with Crippen LogP contribution in [0.2, 0.25) is 0 Å². The van der Waals surface area contributed by atoms with Gasteiger partial charge in [-0.3, -0.25) is 14.6 Å². The Morgan fingerprint density at radius 2 is 1.66 bits per heavy atom. The number of carbonyl (C=O) groups excluding carboxylic acids is 1. The van der Waals surface area contributed by atoms with E-state index in [0.29, 0.717) is 48.0 Å². The summed E-state index contributed by atoms with van der Waals surface area (Å²) in [6.07, 6.45) is 4.43. The van der Waals surface area contributed by atoms with E-state index in [4.69, 9.17) is 14.2 Å². The van der Waals surface area contributed by atoms with Crippen molar-refractivity contribution >= 4 is 33.0 Å². The van der Waals surface area contributed by atoms with E-state index in [1.807, 2.05) is 24.3 Å². The molecule has 0 saturated carbocycles. The number of rotatable bonds is 10. The number of benzene rings is 2. The van der Waals surface area contributed by atoms with Gasteiger partial charge in [-0.25, -0.2) is 17.8 Å². The van der Waals surface area contributed by atoms with Gasteiger partial charge in [0.15, 0.2) is 11.5 Å². The molecule has 1 aliphatic heterocycles. The summed E-state index contributed by atoms with van der Waals surface area (Å²) in [4.78, 5) is 16.8. The zero-order valence-corrected chi connectivity index (χ0v) is 22.8. The molecule has 4 rings (SSSR count). The van der Waals surface area contributed by atoms with E-state index >= 15 is 0 Å². The number of ether oxygens (including phenoxy) is 3. The third-order valence-corrected chi connectivity index (χ3v) is 7.49. The second-order valence-corrected chi connectivity index (χ2v) is 10.9. The lowest BCUT2D eigenvalue weighted by Gasteiger charge is -2.34. The maximum atomic E-state index is 12.5. The molecule has 0 spiro atoms. The van der Waals surface area contributed by atoms with Crippen molar-refractivity contribution in [3.8, 4) is 17.2 Å². The summed E-state index contributed by atoms with van der Waals surface area (Å²) in [5, 5.41) is 5.01. The minimum Gasteiger partial charge on any atom is -0.493 e. The Hall–Kier alpha value is -3.61. The predicted molar refractivity (Wildman–Crippen MR) is 146 cm³/mol. The lowest BCUT2D eigenvalue weighted by atomic mass is 10.1. The van der Waals surface area contributed by atoms with Crippen LogP contribution in [0.4, 0.5) is 0 Å². The molecule has 204 valence electrons. The number of amides is 1. The minimum absolute atomic E-state index is 0.217. The molecule has 2 aromatic carbocycles. The van der Waals surface area contributed by atoms with Crippen LogP contribution in [0.3, 0.4) is 0 Å². The van der Waals surface area contributed by atoms with Gasteiger partial charge >= 0.3 is 0 Å². The number of nitrogens with one attached hydrogen (secondary N) is 1. The van der Waals surface area contributed by atoms with Crippen molar-refractivity contribution in [3.63, 3.8) is 0 Å². The van der Waals surface area contributed by atoms with Crippen molar-refractivity contribution in [1.82, 2.24) is 19.2 Å². The molecule has 38 heavy (non-hydrogen) atoms. The number of para-hydroxylation sites is 1. The first-order valence-electron chi connectivity index (χ1n) is 12.1. The second-order valence-electron chi connectivity index (χ2n) is 9.00. The van der Waals surface area contributed by atoms with Gasteiger partial charge in [-0.15, -0.1) is 0 Å². The van der Waals surface area contributed by atoms with Crippen LogP contribution < -0.4 is 19.6 Å². The fraction of sp³-hybridized carbons (Fsp3) is 0.385. The molecule has 11 nitrogen and oxygen atoms in total. The standard InChI is InChI=1S/C26H33N5O6S/c1-35-23-10-9-19(25(36-2)26(23)37-3)15-27-28-24(32)18-30-13-11-29(12-14-30)16-20-17-31(38(4,33)34)22-8-6-5-7-21(20)22/h5-10,15,17H,11-14,16,18H2,1-4H3,(H,28,32)/b27-15-. The molecule has 1 fully saturated rings. The Balaban J connectivity index is 1.31. The smallest absolute Gasteiger partial charge is 0.254 e. The van der Waals surface area contributed by atoms with Crippen LogP contribution in [-0.2, 0) is 21.4 Å². The van der Waals surface area contributed by atoms with Crippen LogP contribution >= 0.6 is 0 Å². The summed E-state index contributed by atoms with van der Waals surface area (Å²) in [6.45, 7) is 3.81. The van der Waals surface area contributed by atoms with Gasteiger partial charge < -0.3 is 14.2 Å². The Labute approximate surface area is 222 Å². The van der Waals surface area contributed by atoms with Crippen molar-refractivity contribution in [2.75, 3.05) is 60.3 Å². The van der Waals surface area contributed by atoms with Gasteiger partial charge in [0.1, 0.15) is 0 Å². The number of hydrazone groups is 1. The number of fused-ring (bicyclic) bond motifs is 1. The molecule has 1 amide bonds. The van der Waals surface area contributed by atoms with Crippen LogP contribution in [-0.4, -0.2) is 94.6 Å². The summed E-state index contributed by atoms with van der Waals surface area (Å²) in [7, 11) is 1.20. The van der Waals surface area contributed by atoms with Gasteiger partial charge in [0.2, 0.25) is 15.8 Å². The molecule has 1 saturated heterocycles. The van der Waals surface area contributed by atoms with Crippen LogP contribution in [0.1, 0.15) is 11.1 Å². The minimum atomic E-state index is -3.39. The number of methoxy groups -OCH3 is 3. The summed E-state index contributed by atoms with van der Waals surface area (Å²) in [5.41, 5.74) is 4.86. The zero-order valence-electron chi connectivity index (χ0n) is 22.0. The van der Waals surface area contributed by atoms with Crippen molar-refractivity contribution in [3.05, 3.63) is 53.7 Å². The maximum absolute atomic E-state index is 12.5. The molecule has 3 aromatic rings. The van der Waals surface area contributed by atoms with E-state index in [-0.39, 0.29) is 12.5 Å². The third kappa shape index (κ3) is 6.09. The maximum Gasteiger partial charge on any atom is 0.254 e. The van der Waals surface area contributed by atoms with Gasteiger partial charge in [-0.2, -0.15) is 5.10 Å². The SMILES string of the molecule is COc1ccc(/C=N\NC(=O)CN2CCN(Cc3cn(S(C)(=O)=O)c4ccccc34)CC2)c(OC)c1OC. The molecular weight excluding hydrogens is 510 g/mol. The number of carbonyl (C=O) groups is 1. The quantitative estimate of drug-likeness (QED) is 0.304. The summed E-state index contributed by atoms with van der Waals surface area (Å²) < 4.78 is 41.9. The first-order valence-corrected chi connectivity index (χ1v) is 13.9. The van der Waals surface area contributed by atoms with Crippen molar-refractivity contribution in [1.29, 1.82) is 0 Å². The Morgan fingerprint density at radius 1 is 0.974 bits per heavy atom. The molecule has 0 aliphatic carbocycles. The molecule has 12 heteroatoms. The fourth-order valence-electron chi connectivity index (χ4n) is 4.60. The molecule has 1 aromatic heterocycles. The van der Waals surface area contributed by atoms with Crippen molar-refractivity contribution in [2.24, 2.45) is 5.10 Å². The molecule has 2 heterocycles. The Morgan fingerprint density at radius 3 is 2.32 bits per heavy atom. The summed E-state index contributed by atoms with van der Waals surface area (Å²) in [5.74, 6) is 1.22. The van der Waals surface area contributed by atoms with Gasteiger partial charge in [-0.05, 0) is 23.8 Å². The van der Waals surface area contributed by atoms with Crippen molar-refractivity contribution < 1.29 is 27.4 Å². The van der Waals surface area contributed by atoms with Gasteiger partial charge in [-0.1, -0.05) is 18.2 Å². The third-order valence-electron chi connectivity index (χ3n) is 6.47. The zero-order chi connectivity index (χ0) is 27.3. The Bertz CT molecular complexity index is 1430. The fourth-order valence-corrected chi connectivity index (χ4v) is 5.44. The van der Waals surface area contributed by atoms with E-state index in [1.54, 1.807) is 25.4 Å². The first-order chi connectivity index (χ1) is 18.2. The van der Waals surface area contributed by atoms with Crippen LogP contribution in [0.15, 0.2) is 47.7 Å². The molecule has 0 bridgehead atoms. The normalized spacial score (nSPS) is 15.2. The van der Waals surface area contributed by atoms with E-state index in [9.17, 15) is 13.2 Å². The number of aromatic nitrogens is 1. The first kappa shape index (κ1) is 27.4. The monoisotopic (exact) mass is 543 g/mol. The largest absolute Gasteiger partial charge is 0.493 e. The molecular formula is C26H33N5O6S. The van der Waals surface area contributed by atoms with Crippen LogP contribution in [0.25, 0.3) is 10.9 Å². The lowest BCUT2D eigenvalue weighted by Crippen LogP contribution is -2.48. The molecule has 0 atom stereocenters. The van der Waals surface area contributed by atoms with Gasteiger partial charge in [0.05, 0.1) is 45.9 Å². The summed E-state index contributed by atoms with van der Waals surface area (Å²) >= 11 is 0. The molecule has 0 unspecified atom stereocenters. The number of hydrogen-bond acceptors (Lipinski definition) is 9. The molecule has 0 radical (unpaired) electrons. The number of hydrogen-bond donors (Lipinski definition) is 1. The average molecular weight is 544 g/mol.